The fourth-order valence-electron chi connectivity index (χ4n) is 2.13. The molecule has 0 aliphatic rings. The van der Waals surface area contributed by atoms with Crippen molar-refractivity contribution in [1.29, 1.82) is 0 Å². The molecule has 0 bridgehead atoms. The summed E-state index contributed by atoms with van der Waals surface area (Å²) >= 11 is 0. The Morgan fingerprint density at radius 2 is 1.85 bits per heavy atom. The maximum absolute atomic E-state index is 10.1. The Balaban J connectivity index is 1.98. The molecule has 2 rings (SSSR count). The molecule has 0 radical (unpaired) electrons. The van der Waals surface area contributed by atoms with Crippen LogP contribution in [0.25, 0.3) is 0 Å². The number of aliphatic hydroxyl groups is 1. The third kappa shape index (κ3) is 3.75. The molecule has 0 saturated heterocycles. The number of ether oxygens (including phenoxy) is 1. The number of phenols is 1. The van der Waals surface area contributed by atoms with Crippen molar-refractivity contribution in [1.82, 2.24) is 0 Å². The molecule has 0 heterocycles. The van der Waals surface area contributed by atoms with Gasteiger partial charge in [-0.3, -0.25) is 0 Å². The second-order valence-electron chi connectivity index (χ2n) is 4.70. The minimum atomic E-state index is -0.472. The van der Waals surface area contributed by atoms with Crippen LogP contribution in [0.1, 0.15) is 30.6 Å². The van der Waals surface area contributed by atoms with Gasteiger partial charge in [0.05, 0.1) is 12.7 Å². The molecule has 0 saturated carbocycles. The Hall–Kier alpha value is -2.00. The van der Waals surface area contributed by atoms with E-state index in [1.54, 1.807) is 6.07 Å². The average Bonchev–Trinajstić information content (AvgIpc) is 2.49. The predicted octanol–water partition coefficient (Wildman–Crippen LogP) is 3.46. The first-order valence-corrected chi connectivity index (χ1v) is 6.88. The zero-order valence-electron chi connectivity index (χ0n) is 11.6. The molecule has 2 aromatic carbocycles. The Bertz CT molecular complexity index is 537. The van der Waals surface area contributed by atoms with Crippen LogP contribution in [-0.2, 0) is 6.42 Å². The zero-order chi connectivity index (χ0) is 14.4. The maximum Gasteiger partial charge on any atom is 0.161 e. The predicted molar refractivity (Wildman–Crippen MR) is 79.0 cm³/mol. The van der Waals surface area contributed by atoms with Crippen molar-refractivity contribution in [2.45, 2.75) is 25.9 Å². The number of rotatable bonds is 6. The van der Waals surface area contributed by atoms with Gasteiger partial charge in [0, 0.05) is 0 Å². The van der Waals surface area contributed by atoms with E-state index >= 15 is 0 Å². The third-order valence-electron chi connectivity index (χ3n) is 3.21. The summed E-state index contributed by atoms with van der Waals surface area (Å²) in [4.78, 5) is 0. The van der Waals surface area contributed by atoms with Gasteiger partial charge in [-0.1, -0.05) is 36.4 Å². The van der Waals surface area contributed by atoms with Crippen LogP contribution in [0.3, 0.4) is 0 Å². The van der Waals surface area contributed by atoms with Gasteiger partial charge in [-0.25, -0.2) is 0 Å². The topological polar surface area (TPSA) is 49.7 Å². The van der Waals surface area contributed by atoms with Crippen LogP contribution >= 0.6 is 0 Å². The van der Waals surface area contributed by atoms with E-state index < -0.39 is 6.10 Å². The molecule has 20 heavy (non-hydrogen) atoms. The summed E-state index contributed by atoms with van der Waals surface area (Å²) in [7, 11) is 0. The summed E-state index contributed by atoms with van der Waals surface area (Å²) in [6, 6.07) is 14.9. The van der Waals surface area contributed by atoms with Crippen molar-refractivity contribution in [2.75, 3.05) is 6.61 Å². The largest absolute Gasteiger partial charge is 0.504 e. The SMILES string of the molecule is CCOc1cc(CCC(O)c2ccccc2)ccc1O. The van der Waals surface area contributed by atoms with Crippen LogP contribution in [0, 0.1) is 0 Å². The quantitative estimate of drug-likeness (QED) is 0.846. The maximum atomic E-state index is 10.1. The molecule has 0 spiro atoms. The molecule has 106 valence electrons. The molecule has 0 fully saturated rings. The minimum Gasteiger partial charge on any atom is -0.504 e. The summed E-state index contributed by atoms with van der Waals surface area (Å²) in [6.45, 7) is 2.40. The van der Waals surface area contributed by atoms with Gasteiger partial charge >= 0.3 is 0 Å². The van der Waals surface area contributed by atoms with Crippen LogP contribution in [0.15, 0.2) is 48.5 Å². The normalized spacial score (nSPS) is 12.1. The van der Waals surface area contributed by atoms with Crippen molar-refractivity contribution in [3.05, 3.63) is 59.7 Å². The summed E-state index contributed by atoms with van der Waals surface area (Å²) in [5.41, 5.74) is 1.97. The van der Waals surface area contributed by atoms with Crippen molar-refractivity contribution in [3.63, 3.8) is 0 Å². The lowest BCUT2D eigenvalue weighted by atomic mass is 10.0. The molecule has 1 unspecified atom stereocenters. The van der Waals surface area contributed by atoms with Crippen molar-refractivity contribution in [3.8, 4) is 11.5 Å². The van der Waals surface area contributed by atoms with Crippen molar-refractivity contribution in [2.24, 2.45) is 0 Å². The number of phenolic OH excluding ortho intramolecular Hbond substituents is 1. The monoisotopic (exact) mass is 272 g/mol. The number of aryl methyl sites for hydroxylation is 1. The number of hydrogen-bond donors (Lipinski definition) is 2. The van der Waals surface area contributed by atoms with E-state index in [0.717, 1.165) is 17.5 Å². The van der Waals surface area contributed by atoms with Crippen LogP contribution in [-0.4, -0.2) is 16.8 Å². The summed E-state index contributed by atoms with van der Waals surface area (Å²) in [5.74, 6) is 0.651. The molecule has 2 aromatic rings. The van der Waals surface area contributed by atoms with E-state index in [0.29, 0.717) is 18.8 Å². The highest BCUT2D eigenvalue weighted by molar-refractivity contribution is 5.41. The number of aliphatic hydroxyl groups excluding tert-OH is 1. The molecule has 0 aromatic heterocycles. The summed E-state index contributed by atoms with van der Waals surface area (Å²) in [6.07, 6.45) is 0.900. The number of aromatic hydroxyl groups is 1. The second kappa shape index (κ2) is 6.96. The fraction of sp³-hybridized carbons (Fsp3) is 0.294. The molecule has 1 atom stereocenters. The minimum absolute atomic E-state index is 0.152. The zero-order valence-corrected chi connectivity index (χ0v) is 11.6. The molecule has 3 nitrogen and oxygen atoms in total. The smallest absolute Gasteiger partial charge is 0.161 e. The number of hydrogen-bond acceptors (Lipinski definition) is 3. The third-order valence-corrected chi connectivity index (χ3v) is 3.21. The standard InChI is InChI=1S/C17H20O3/c1-2-20-17-12-13(9-11-16(17)19)8-10-15(18)14-6-4-3-5-7-14/h3-7,9,11-12,15,18-19H,2,8,10H2,1H3. The van der Waals surface area contributed by atoms with Gasteiger partial charge in [-0.15, -0.1) is 0 Å². The van der Waals surface area contributed by atoms with Crippen molar-refractivity contribution < 1.29 is 14.9 Å². The van der Waals surface area contributed by atoms with Gasteiger partial charge in [-0.05, 0) is 43.0 Å². The van der Waals surface area contributed by atoms with Gasteiger partial charge < -0.3 is 14.9 Å². The highest BCUT2D eigenvalue weighted by Crippen LogP contribution is 2.28. The lowest BCUT2D eigenvalue weighted by Gasteiger charge is -2.12. The first-order valence-electron chi connectivity index (χ1n) is 6.88. The van der Waals surface area contributed by atoms with Gasteiger partial charge in [0.15, 0.2) is 11.5 Å². The molecular formula is C17H20O3. The molecule has 2 N–H and O–H groups in total. The van der Waals surface area contributed by atoms with Crippen LogP contribution < -0.4 is 4.74 Å². The summed E-state index contributed by atoms with van der Waals surface area (Å²) < 4.78 is 5.36. The van der Waals surface area contributed by atoms with Gasteiger partial charge in [-0.2, -0.15) is 0 Å². The highest BCUT2D eigenvalue weighted by Gasteiger charge is 2.09. The molecule has 0 amide bonds. The van der Waals surface area contributed by atoms with Gasteiger partial charge in [0.1, 0.15) is 0 Å². The highest BCUT2D eigenvalue weighted by atomic mass is 16.5. The van der Waals surface area contributed by atoms with E-state index in [-0.39, 0.29) is 5.75 Å². The fourth-order valence-corrected chi connectivity index (χ4v) is 2.13. The van der Waals surface area contributed by atoms with E-state index in [9.17, 15) is 10.2 Å². The lowest BCUT2D eigenvalue weighted by molar-refractivity contribution is 0.168. The van der Waals surface area contributed by atoms with Gasteiger partial charge in [0.25, 0.3) is 0 Å². The Morgan fingerprint density at radius 3 is 2.55 bits per heavy atom. The van der Waals surface area contributed by atoms with Crippen LogP contribution in [0.4, 0.5) is 0 Å². The number of benzene rings is 2. The molecular weight excluding hydrogens is 252 g/mol. The van der Waals surface area contributed by atoms with E-state index in [4.69, 9.17) is 4.74 Å². The molecule has 0 aliphatic heterocycles. The van der Waals surface area contributed by atoms with Crippen LogP contribution in [0.2, 0.25) is 0 Å². The lowest BCUT2D eigenvalue weighted by Crippen LogP contribution is -2.00. The Kier molecular flexibility index (Phi) is 5.02. The second-order valence-corrected chi connectivity index (χ2v) is 4.70. The van der Waals surface area contributed by atoms with Crippen LogP contribution in [0.5, 0.6) is 11.5 Å². The Morgan fingerprint density at radius 1 is 1.10 bits per heavy atom. The first kappa shape index (κ1) is 14.4. The average molecular weight is 272 g/mol. The van der Waals surface area contributed by atoms with E-state index in [1.807, 2.05) is 49.4 Å². The Labute approximate surface area is 119 Å². The van der Waals surface area contributed by atoms with E-state index in [1.165, 1.54) is 0 Å². The molecule has 3 heteroatoms. The van der Waals surface area contributed by atoms with Crippen molar-refractivity contribution >= 4 is 0 Å². The van der Waals surface area contributed by atoms with Gasteiger partial charge in [0.2, 0.25) is 0 Å². The van der Waals surface area contributed by atoms with E-state index in [2.05, 4.69) is 0 Å². The first-order chi connectivity index (χ1) is 9.70. The molecule has 0 aliphatic carbocycles. The summed E-state index contributed by atoms with van der Waals surface area (Å²) in [5, 5.41) is 19.8.